The summed E-state index contributed by atoms with van der Waals surface area (Å²) in [6, 6.07) is 5.74. The van der Waals surface area contributed by atoms with Crippen molar-refractivity contribution >= 4 is 34.2 Å². The molecule has 1 aromatic carbocycles. The molecule has 1 atom stereocenters. The van der Waals surface area contributed by atoms with E-state index in [1.807, 2.05) is 27.7 Å². The molecule has 1 aliphatic rings. The van der Waals surface area contributed by atoms with Gasteiger partial charge in [-0.15, -0.1) is 10.2 Å². The maximum atomic E-state index is 12.9. The molecule has 0 unspecified atom stereocenters. The number of hydrogen-bond donors (Lipinski definition) is 1. The fourth-order valence-corrected chi connectivity index (χ4v) is 3.72. The zero-order valence-corrected chi connectivity index (χ0v) is 16.5. The Labute approximate surface area is 161 Å². The van der Waals surface area contributed by atoms with Gasteiger partial charge in [0.05, 0.1) is 11.1 Å². The first-order valence-electron chi connectivity index (χ1n) is 8.90. The van der Waals surface area contributed by atoms with Gasteiger partial charge in [-0.3, -0.25) is 24.6 Å². The smallest absolute Gasteiger partial charge is 0.262 e. The number of anilines is 1. The molecular weight excluding hydrogens is 364 g/mol. The Balaban J connectivity index is 1.86. The van der Waals surface area contributed by atoms with Gasteiger partial charge in [-0.25, -0.2) is 0 Å². The Kier molecular flexibility index (Phi) is 5.36. The summed E-state index contributed by atoms with van der Waals surface area (Å²) in [5.41, 5.74) is 0.670. The number of amides is 3. The Bertz CT molecular complexity index is 856. The molecule has 0 saturated carbocycles. The Morgan fingerprint density at radius 3 is 2.15 bits per heavy atom. The minimum absolute atomic E-state index is 0.116. The lowest BCUT2D eigenvalue weighted by Gasteiger charge is -2.26. The van der Waals surface area contributed by atoms with E-state index in [0.29, 0.717) is 22.7 Å². The van der Waals surface area contributed by atoms with Gasteiger partial charge in [0.2, 0.25) is 11.0 Å². The van der Waals surface area contributed by atoms with Crippen LogP contribution in [0.25, 0.3) is 0 Å². The quantitative estimate of drug-likeness (QED) is 0.769. The van der Waals surface area contributed by atoms with Gasteiger partial charge in [-0.2, -0.15) is 0 Å². The largest absolute Gasteiger partial charge is 0.299 e. The summed E-state index contributed by atoms with van der Waals surface area (Å²) in [5, 5.41) is 12.0. The van der Waals surface area contributed by atoms with Crippen molar-refractivity contribution in [2.24, 2.45) is 5.92 Å². The summed E-state index contributed by atoms with van der Waals surface area (Å²) in [4.78, 5) is 39.6. The normalized spacial score (nSPS) is 14.8. The Morgan fingerprint density at radius 2 is 1.67 bits per heavy atom. The van der Waals surface area contributed by atoms with Crippen LogP contribution in [-0.4, -0.2) is 38.9 Å². The van der Waals surface area contributed by atoms with Crippen molar-refractivity contribution in [3.8, 4) is 0 Å². The molecule has 27 heavy (non-hydrogen) atoms. The van der Waals surface area contributed by atoms with Crippen molar-refractivity contribution in [1.29, 1.82) is 0 Å². The maximum absolute atomic E-state index is 12.9. The van der Waals surface area contributed by atoms with E-state index < -0.39 is 23.8 Å². The molecule has 0 bridgehead atoms. The topological polar surface area (TPSA) is 92.3 Å². The van der Waals surface area contributed by atoms with Crippen molar-refractivity contribution in [2.75, 3.05) is 5.32 Å². The predicted molar refractivity (Wildman–Crippen MR) is 103 cm³/mol. The molecule has 142 valence electrons. The summed E-state index contributed by atoms with van der Waals surface area (Å²) < 4.78 is 0. The van der Waals surface area contributed by atoms with Crippen molar-refractivity contribution in [3.05, 3.63) is 40.4 Å². The minimum Gasteiger partial charge on any atom is -0.299 e. The van der Waals surface area contributed by atoms with Gasteiger partial charge in [0.1, 0.15) is 11.0 Å². The van der Waals surface area contributed by atoms with Gasteiger partial charge in [-0.1, -0.05) is 51.2 Å². The summed E-state index contributed by atoms with van der Waals surface area (Å²) in [7, 11) is 0. The van der Waals surface area contributed by atoms with Crippen LogP contribution in [0.15, 0.2) is 24.3 Å². The number of aromatic nitrogens is 2. The highest BCUT2D eigenvalue weighted by molar-refractivity contribution is 7.15. The standard InChI is InChI=1S/C19H22N4O3S/c1-10(2)9-14(15(24)20-19-22-21-16(27-19)11(3)4)23-17(25)12-7-5-6-8-13(12)18(23)26/h5-8,10-11,14H,9H2,1-4H3,(H,20,22,24)/t14-/m1/s1. The van der Waals surface area contributed by atoms with Gasteiger partial charge in [0.25, 0.3) is 11.8 Å². The average Bonchev–Trinajstić information content (AvgIpc) is 3.17. The summed E-state index contributed by atoms with van der Waals surface area (Å²) in [5.74, 6) is -0.973. The molecule has 0 radical (unpaired) electrons. The van der Waals surface area contributed by atoms with Crippen LogP contribution in [0.3, 0.4) is 0 Å². The van der Waals surface area contributed by atoms with E-state index in [9.17, 15) is 14.4 Å². The Morgan fingerprint density at radius 1 is 1.07 bits per heavy atom. The molecule has 2 heterocycles. The molecule has 0 fully saturated rings. The number of carbonyl (C=O) groups excluding carboxylic acids is 3. The lowest BCUT2D eigenvalue weighted by atomic mass is 10.0. The van der Waals surface area contributed by atoms with Crippen LogP contribution < -0.4 is 5.32 Å². The number of rotatable bonds is 6. The van der Waals surface area contributed by atoms with Crippen LogP contribution in [0.1, 0.15) is 65.8 Å². The molecule has 1 N–H and O–H groups in total. The van der Waals surface area contributed by atoms with E-state index in [-0.39, 0.29) is 11.8 Å². The first-order valence-corrected chi connectivity index (χ1v) is 9.72. The molecule has 0 saturated heterocycles. The van der Waals surface area contributed by atoms with Gasteiger partial charge in [0, 0.05) is 5.92 Å². The van der Waals surface area contributed by atoms with E-state index in [1.165, 1.54) is 11.3 Å². The van der Waals surface area contributed by atoms with Crippen molar-refractivity contribution < 1.29 is 14.4 Å². The van der Waals surface area contributed by atoms with Gasteiger partial charge >= 0.3 is 0 Å². The predicted octanol–water partition coefficient (Wildman–Crippen LogP) is 3.31. The van der Waals surface area contributed by atoms with Crippen LogP contribution in [0.2, 0.25) is 0 Å². The number of benzene rings is 1. The van der Waals surface area contributed by atoms with Crippen molar-refractivity contribution in [3.63, 3.8) is 0 Å². The van der Waals surface area contributed by atoms with Crippen molar-refractivity contribution in [2.45, 2.75) is 46.1 Å². The zero-order valence-electron chi connectivity index (χ0n) is 15.7. The maximum Gasteiger partial charge on any atom is 0.262 e. The number of carbonyl (C=O) groups is 3. The number of imide groups is 1. The second kappa shape index (κ2) is 7.56. The molecule has 7 nitrogen and oxygen atoms in total. The van der Waals surface area contributed by atoms with Gasteiger partial charge < -0.3 is 0 Å². The second-order valence-corrected chi connectivity index (χ2v) is 8.27. The zero-order chi connectivity index (χ0) is 19.7. The highest BCUT2D eigenvalue weighted by Crippen LogP contribution is 2.28. The fourth-order valence-electron chi connectivity index (χ4n) is 2.97. The Hall–Kier alpha value is -2.61. The van der Waals surface area contributed by atoms with E-state index >= 15 is 0 Å². The van der Waals surface area contributed by atoms with E-state index in [1.54, 1.807) is 24.3 Å². The third kappa shape index (κ3) is 3.75. The van der Waals surface area contributed by atoms with Crippen LogP contribution in [0.4, 0.5) is 5.13 Å². The van der Waals surface area contributed by atoms with E-state index in [4.69, 9.17) is 0 Å². The first-order chi connectivity index (χ1) is 12.8. The molecule has 3 amide bonds. The monoisotopic (exact) mass is 386 g/mol. The second-order valence-electron chi connectivity index (χ2n) is 7.26. The highest BCUT2D eigenvalue weighted by Gasteiger charge is 2.42. The average molecular weight is 386 g/mol. The molecule has 2 aromatic rings. The third-order valence-electron chi connectivity index (χ3n) is 4.30. The summed E-state index contributed by atoms with van der Waals surface area (Å²) in [6.45, 7) is 7.87. The SMILES string of the molecule is CC(C)C[C@H](C(=O)Nc1nnc(C(C)C)s1)N1C(=O)c2ccccc2C1=O. The minimum atomic E-state index is -0.899. The van der Waals surface area contributed by atoms with Crippen molar-refractivity contribution in [1.82, 2.24) is 15.1 Å². The fraction of sp³-hybridized carbons (Fsp3) is 0.421. The lowest BCUT2D eigenvalue weighted by Crippen LogP contribution is -2.47. The van der Waals surface area contributed by atoms with Crippen LogP contribution in [-0.2, 0) is 4.79 Å². The van der Waals surface area contributed by atoms with Crippen LogP contribution in [0.5, 0.6) is 0 Å². The highest BCUT2D eigenvalue weighted by atomic mass is 32.1. The molecular formula is C19H22N4O3S. The van der Waals surface area contributed by atoms with E-state index in [0.717, 1.165) is 9.91 Å². The summed E-state index contributed by atoms with van der Waals surface area (Å²) in [6.07, 6.45) is 0.368. The lowest BCUT2D eigenvalue weighted by molar-refractivity contribution is -0.120. The third-order valence-corrected chi connectivity index (χ3v) is 5.44. The first kappa shape index (κ1) is 19.2. The van der Waals surface area contributed by atoms with E-state index in [2.05, 4.69) is 15.5 Å². The molecule has 1 aromatic heterocycles. The number of nitrogens with zero attached hydrogens (tertiary/aromatic N) is 3. The number of hydrogen-bond acceptors (Lipinski definition) is 6. The molecule has 0 aliphatic carbocycles. The number of fused-ring (bicyclic) bond motifs is 1. The van der Waals surface area contributed by atoms with Gasteiger partial charge in [0.15, 0.2) is 0 Å². The summed E-state index contributed by atoms with van der Waals surface area (Å²) >= 11 is 1.29. The molecule has 3 rings (SSSR count). The molecule has 0 spiro atoms. The van der Waals surface area contributed by atoms with Gasteiger partial charge in [-0.05, 0) is 24.5 Å². The molecule has 8 heteroatoms. The number of nitrogens with one attached hydrogen (secondary N) is 1. The molecule has 1 aliphatic heterocycles. The van der Waals surface area contributed by atoms with Crippen LogP contribution in [0, 0.1) is 5.92 Å². The van der Waals surface area contributed by atoms with Crippen LogP contribution >= 0.6 is 11.3 Å².